The Morgan fingerprint density at radius 2 is 1.98 bits per heavy atom. The monoisotopic (exact) mass is 690 g/mol. The van der Waals surface area contributed by atoms with Crippen LogP contribution in [0.1, 0.15) is 58.8 Å². The number of nitrogens with zero attached hydrogens (tertiary/aromatic N) is 2. The van der Waals surface area contributed by atoms with Gasteiger partial charge in [0.2, 0.25) is 5.91 Å². The molecule has 0 bridgehead atoms. The molecule has 0 spiro atoms. The lowest BCUT2D eigenvalue weighted by Crippen LogP contribution is -2.49. The molecule has 1 aliphatic heterocycles. The van der Waals surface area contributed by atoms with Crippen LogP contribution in [-0.4, -0.2) is 52.3 Å². The molecule has 3 heterocycles. The van der Waals surface area contributed by atoms with E-state index in [9.17, 15) is 27.9 Å². The molecule has 252 valence electrons. The first kappa shape index (κ1) is 33.3. The molecule has 0 saturated heterocycles. The van der Waals surface area contributed by atoms with Gasteiger partial charge in [0.15, 0.2) is 17.2 Å². The second-order valence-electron chi connectivity index (χ2n) is 12.0. The van der Waals surface area contributed by atoms with Crippen LogP contribution in [0.4, 0.5) is 22.0 Å². The van der Waals surface area contributed by atoms with Crippen molar-refractivity contribution < 1.29 is 46.1 Å². The molecule has 6 rings (SSSR count). The molecule has 48 heavy (non-hydrogen) atoms. The highest BCUT2D eigenvalue weighted by Crippen LogP contribution is 2.55. The van der Waals surface area contributed by atoms with Crippen molar-refractivity contribution in [3.8, 4) is 22.8 Å². The van der Waals surface area contributed by atoms with Gasteiger partial charge in [-0.25, -0.2) is 18.2 Å². The number of rotatable bonds is 11. The third-order valence-corrected chi connectivity index (χ3v) is 8.97. The fraction of sp³-hybridized carbons (Fsp3) is 0.333. The quantitative estimate of drug-likeness (QED) is 0.130. The normalized spacial score (nSPS) is 17.5. The van der Waals surface area contributed by atoms with E-state index in [1.54, 1.807) is 13.0 Å². The number of halogens is 6. The molecule has 4 N–H and O–H groups in total. The van der Waals surface area contributed by atoms with Crippen molar-refractivity contribution in [3.63, 3.8) is 0 Å². The van der Waals surface area contributed by atoms with Gasteiger partial charge in [0, 0.05) is 40.6 Å². The first-order chi connectivity index (χ1) is 22.7. The Hall–Kier alpha value is -4.56. The highest BCUT2D eigenvalue weighted by Gasteiger charge is 2.62. The maximum absolute atomic E-state index is 16.2. The number of amides is 2. The van der Waals surface area contributed by atoms with Crippen molar-refractivity contribution in [2.45, 2.75) is 56.4 Å². The largest absolute Gasteiger partial charge is 0.490 e. The molecule has 2 amide bonds. The minimum Gasteiger partial charge on any atom is -0.490 e. The van der Waals surface area contributed by atoms with Gasteiger partial charge in [-0.05, 0) is 68.1 Å². The number of hydrogen-bond acceptors (Lipinski definition) is 7. The minimum atomic E-state index is -3.21. The van der Waals surface area contributed by atoms with Gasteiger partial charge in [-0.1, -0.05) is 11.6 Å². The summed E-state index contributed by atoms with van der Waals surface area (Å²) in [5.74, 6) is -4.45. The van der Waals surface area contributed by atoms with Gasteiger partial charge in [0.05, 0.1) is 18.8 Å². The molecule has 1 fully saturated rings. The van der Waals surface area contributed by atoms with E-state index in [0.717, 1.165) is 18.2 Å². The number of carbonyl (C=O) groups is 2. The maximum Gasteiger partial charge on any atom is 0.387 e. The third-order valence-electron chi connectivity index (χ3n) is 8.62. The Morgan fingerprint density at radius 1 is 1.23 bits per heavy atom. The van der Waals surface area contributed by atoms with Crippen molar-refractivity contribution in [2.75, 3.05) is 13.2 Å². The summed E-state index contributed by atoms with van der Waals surface area (Å²) in [6.45, 7) is -2.22. The number of aromatic nitrogens is 2. The zero-order chi connectivity index (χ0) is 34.5. The Kier molecular flexibility index (Phi) is 8.66. The molecule has 1 saturated carbocycles. The zero-order valence-corrected chi connectivity index (χ0v) is 26.0. The van der Waals surface area contributed by atoms with E-state index < -0.39 is 58.8 Å². The fourth-order valence-electron chi connectivity index (χ4n) is 5.90. The Bertz CT molecular complexity index is 1960. The number of hydrogen-bond donors (Lipinski definition) is 3. The van der Waals surface area contributed by atoms with Gasteiger partial charge in [-0.2, -0.15) is 8.78 Å². The Labute approximate surface area is 275 Å². The summed E-state index contributed by atoms with van der Waals surface area (Å²) < 4.78 is 82.5. The van der Waals surface area contributed by atoms with Gasteiger partial charge in [-0.3, -0.25) is 14.6 Å². The van der Waals surface area contributed by atoms with Crippen molar-refractivity contribution in [1.82, 2.24) is 15.3 Å². The number of nitrogens with one attached hydrogen (secondary N) is 1. The van der Waals surface area contributed by atoms with Crippen LogP contribution in [0, 0.1) is 18.6 Å². The van der Waals surface area contributed by atoms with Crippen molar-refractivity contribution in [2.24, 2.45) is 5.73 Å². The lowest BCUT2D eigenvalue weighted by atomic mass is 9.86. The van der Waals surface area contributed by atoms with Crippen molar-refractivity contribution in [3.05, 3.63) is 81.6 Å². The molecule has 4 aromatic rings. The molecule has 15 heteroatoms. The first-order valence-electron chi connectivity index (χ1n) is 14.9. The van der Waals surface area contributed by atoms with E-state index >= 15 is 8.78 Å². The predicted molar refractivity (Wildman–Crippen MR) is 164 cm³/mol. The van der Waals surface area contributed by atoms with E-state index in [-0.39, 0.29) is 71.8 Å². The number of alkyl halides is 3. The number of aliphatic hydroxyl groups is 1. The summed E-state index contributed by atoms with van der Waals surface area (Å²) in [6, 6.07) is 7.41. The van der Waals surface area contributed by atoms with Crippen LogP contribution < -0.4 is 20.5 Å². The Morgan fingerprint density at radius 3 is 2.67 bits per heavy atom. The molecule has 9 nitrogen and oxygen atoms in total. The molecule has 1 aliphatic carbocycles. The summed E-state index contributed by atoms with van der Waals surface area (Å²) in [4.78, 5) is 33.5. The standard InChI is InChI=1S/C33H28ClF5N4O5/c1-15-8-17-9-18(10-22(48-31(37)38)27(17)41-12-15)30(45)42-14-33(46,32(39)6-7-32)23-11-20-16(2-5-24(40)44)13-47-29(20)28(43-23)19-3-4-21(35)25(34)26(19)36/h3-4,8-12,16,31,46H,2,5-7,13-14H2,1H3,(H2,40,44)(H,42,45)/t16-,33?/m1/s1. The van der Waals surface area contributed by atoms with Crippen LogP contribution in [0.2, 0.25) is 5.02 Å². The number of nitrogens with two attached hydrogens (primary N) is 1. The lowest BCUT2D eigenvalue weighted by Gasteiger charge is -2.32. The van der Waals surface area contributed by atoms with Gasteiger partial charge >= 0.3 is 6.61 Å². The molecular formula is C33H28ClF5N4O5. The molecular weight excluding hydrogens is 663 g/mol. The minimum absolute atomic E-state index is 0.0204. The molecule has 0 radical (unpaired) electrons. The zero-order valence-electron chi connectivity index (χ0n) is 25.3. The van der Waals surface area contributed by atoms with Gasteiger partial charge in [-0.15, -0.1) is 0 Å². The fourth-order valence-corrected chi connectivity index (χ4v) is 6.06. The van der Waals surface area contributed by atoms with Crippen molar-refractivity contribution in [1.29, 1.82) is 0 Å². The number of fused-ring (bicyclic) bond motifs is 2. The van der Waals surface area contributed by atoms with Crippen molar-refractivity contribution >= 4 is 34.3 Å². The van der Waals surface area contributed by atoms with Crippen LogP contribution in [0.15, 0.2) is 42.6 Å². The van der Waals surface area contributed by atoms with Crippen LogP contribution in [0.5, 0.6) is 11.5 Å². The summed E-state index contributed by atoms with van der Waals surface area (Å²) in [5.41, 5.74) is 0.752. The number of pyridine rings is 2. The van der Waals surface area contributed by atoms with Crippen LogP contribution in [0.25, 0.3) is 22.2 Å². The third kappa shape index (κ3) is 6.10. The van der Waals surface area contributed by atoms with E-state index in [1.807, 2.05) is 0 Å². The summed E-state index contributed by atoms with van der Waals surface area (Å²) in [7, 11) is 0. The second kappa shape index (κ2) is 12.5. The van der Waals surface area contributed by atoms with Gasteiger partial charge in [0.1, 0.15) is 33.5 Å². The topological polar surface area (TPSA) is 137 Å². The Balaban J connectivity index is 1.41. The molecule has 2 atom stereocenters. The van der Waals surface area contributed by atoms with Crippen LogP contribution >= 0.6 is 11.6 Å². The average molecular weight is 691 g/mol. The SMILES string of the molecule is Cc1cnc2c(OC(F)F)cc(C(=O)NCC(O)(c3cc4c(c(-c5ccc(F)c(Cl)c5F)n3)OC[C@H]4CCC(N)=O)C3(F)CC3)cc2c1. The van der Waals surface area contributed by atoms with E-state index in [4.69, 9.17) is 22.1 Å². The summed E-state index contributed by atoms with van der Waals surface area (Å²) in [6.07, 6.45) is 1.39. The highest BCUT2D eigenvalue weighted by atomic mass is 35.5. The van der Waals surface area contributed by atoms with Crippen LogP contribution in [0.3, 0.4) is 0 Å². The van der Waals surface area contributed by atoms with Crippen LogP contribution in [-0.2, 0) is 10.4 Å². The summed E-state index contributed by atoms with van der Waals surface area (Å²) in [5, 5.41) is 14.0. The number of primary amides is 1. The molecule has 2 aromatic heterocycles. The number of carbonyl (C=O) groups excluding carboxylic acids is 2. The average Bonchev–Trinajstić information content (AvgIpc) is 3.67. The number of aryl methyl sites for hydroxylation is 1. The first-order valence-corrected chi connectivity index (χ1v) is 15.2. The lowest BCUT2D eigenvalue weighted by molar-refractivity contribution is -0.118. The van der Waals surface area contributed by atoms with Gasteiger partial charge in [0.25, 0.3) is 5.91 Å². The molecule has 2 aliphatic rings. The maximum atomic E-state index is 16.2. The van der Waals surface area contributed by atoms with Gasteiger partial charge < -0.3 is 25.6 Å². The van der Waals surface area contributed by atoms with E-state index in [0.29, 0.717) is 16.5 Å². The predicted octanol–water partition coefficient (Wildman–Crippen LogP) is 6.00. The second-order valence-corrected chi connectivity index (χ2v) is 12.3. The van der Waals surface area contributed by atoms with E-state index in [2.05, 4.69) is 20.0 Å². The molecule has 1 unspecified atom stereocenters. The highest BCUT2D eigenvalue weighted by molar-refractivity contribution is 6.31. The van der Waals surface area contributed by atoms with E-state index in [1.165, 1.54) is 18.3 Å². The summed E-state index contributed by atoms with van der Waals surface area (Å²) >= 11 is 5.85. The smallest absolute Gasteiger partial charge is 0.387 e. The number of ether oxygens (including phenoxy) is 2. The molecule has 2 aromatic carbocycles. The number of benzene rings is 2.